The second kappa shape index (κ2) is 7.74. The largest absolute Gasteiger partial charge is 0.477 e. The quantitative estimate of drug-likeness (QED) is 0.635. The van der Waals surface area contributed by atoms with Crippen LogP contribution in [0.5, 0.6) is 5.75 Å². The SMILES string of the molecule is C[C@@H](NC(=O)COc1cc(F)ccc1[N+](=O)[O-])c1ccc(Cl)cc1. The molecule has 0 heterocycles. The Morgan fingerprint density at radius 2 is 2.00 bits per heavy atom. The molecule has 1 amide bonds. The molecular formula is C16H14ClFN2O4. The van der Waals surface area contributed by atoms with Crippen molar-refractivity contribution in [3.05, 3.63) is 69.0 Å². The Morgan fingerprint density at radius 3 is 2.62 bits per heavy atom. The molecule has 0 aliphatic rings. The molecule has 6 nitrogen and oxygen atoms in total. The Morgan fingerprint density at radius 1 is 1.33 bits per heavy atom. The zero-order valence-electron chi connectivity index (χ0n) is 12.7. The third kappa shape index (κ3) is 4.66. The van der Waals surface area contributed by atoms with Gasteiger partial charge in [-0.15, -0.1) is 0 Å². The van der Waals surface area contributed by atoms with Crippen LogP contribution in [0.15, 0.2) is 42.5 Å². The number of halogens is 2. The summed E-state index contributed by atoms with van der Waals surface area (Å²) in [6.45, 7) is 1.30. The molecule has 1 N–H and O–H groups in total. The fraction of sp³-hybridized carbons (Fsp3) is 0.188. The summed E-state index contributed by atoms with van der Waals surface area (Å²) in [5.74, 6) is -1.48. The van der Waals surface area contributed by atoms with Gasteiger partial charge in [0.15, 0.2) is 6.61 Å². The van der Waals surface area contributed by atoms with Crippen LogP contribution in [0, 0.1) is 15.9 Å². The number of benzene rings is 2. The van der Waals surface area contributed by atoms with E-state index in [2.05, 4.69) is 5.32 Å². The maximum Gasteiger partial charge on any atom is 0.311 e. The van der Waals surface area contributed by atoms with E-state index in [-0.39, 0.29) is 11.8 Å². The van der Waals surface area contributed by atoms with Gasteiger partial charge in [0.1, 0.15) is 5.82 Å². The highest BCUT2D eigenvalue weighted by molar-refractivity contribution is 6.30. The number of nitro groups is 1. The number of carbonyl (C=O) groups is 1. The summed E-state index contributed by atoms with van der Waals surface area (Å²) in [5, 5.41) is 14.1. The fourth-order valence-corrected chi connectivity index (χ4v) is 2.14. The van der Waals surface area contributed by atoms with Gasteiger partial charge in [0.25, 0.3) is 5.91 Å². The zero-order chi connectivity index (χ0) is 17.7. The summed E-state index contributed by atoms with van der Waals surface area (Å²) in [7, 11) is 0. The van der Waals surface area contributed by atoms with Crippen LogP contribution in [0.4, 0.5) is 10.1 Å². The van der Waals surface area contributed by atoms with Crippen LogP contribution in [0.2, 0.25) is 5.02 Å². The number of nitrogens with one attached hydrogen (secondary N) is 1. The van der Waals surface area contributed by atoms with Gasteiger partial charge in [0, 0.05) is 17.2 Å². The standard InChI is InChI=1S/C16H14ClFN2O4/c1-10(11-2-4-12(17)5-3-11)19-16(21)9-24-15-8-13(18)6-7-14(15)20(22)23/h2-8,10H,9H2,1H3,(H,19,21)/t10-/m1/s1. The lowest BCUT2D eigenvalue weighted by Gasteiger charge is -2.15. The lowest BCUT2D eigenvalue weighted by molar-refractivity contribution is -0.385. The van der Waals surface area contributed by atoms with Crippen molar-refractivity contribution in [3.63, 3.8) is 0 Å². The van der Waals surface area contributed by atoms with Gasteiger partial charge in [-0.05, 0) is 30.7 Å². The second-order valence-electron chi connectivity index (χ2n) is 5.00. The van der Waals surface area contributed by atoms with Crippen LogP contribution in [-0.2, 0) is 4.79 Å². The van der Waals surface area contributed by atoms with Gasteiger partial charge in [0.05, 0.1) is 11.0 Å². The van der Waals surface area contributed by atoms with E-state index in [0.717, 1.165) is 23.8 Å². The van der Waals surface area contributed by atoms with Crippen LogP contribution in [0.1, 0.15) is 18.5 Å². The van der Waals surface area contributed by atoms with E-state index in [9.17, 15) is 19.3 Å². The molecule has 2 aromatic rings. The molecule has 0 fully saturated rings. The van der Waals surface area contributed by atoms with Crippen molar-refractivity contribution in [1.29, 1.82) is 0 Å². The van der Waals surface area contributed by atoms with Crippen molar-refractivity contribution in [2.75, 3.05) is 6.61 Å². The minimum absolute atomic E-state index is 0.297. The molecule has 0 saturated heterocycles. The second-order valence-corrected chi connectivity index (χ2v) is 5.44. The first-order valence-electron chi connectivity index (χ1n) is 6.98. The summed E-state index contributed by atoms with van der Waals surface area (Å²) in [4.78, 5) is 22.1. The fourth-order valence-electron chi connectivity index (χ4n) is 2.02. The molecule has 0 aliphatic heterocycles. The van der Waals surface area contributed by atoms with Gasteiger partial charge in [-0.1, -0.05) is 23.7 Å². The van der Waals surface area contributed by atoms with Gasteiger partial charge in [-0.25, -0.2) is 4.39 Å². The van der Waals surface area contributed by atoms with Crippen molar-refractivity contribution >= 4 is 23.2 Å². The van der Waals surface area contributed by atoms with E-state index in [4.69, 9.17) is 16.3 Å². The number of carbonyl (C=O) groups excluding carboxylic acids is 1. The number of hydrogen-bond donors (Lipinski definition) is 1. The van der Waals surface area contributed by atoms with Gasteiger partial charge < -0.3 is 10.1 Å². The van der Waals surface area contributed by atoms with Crippen molar-refractivity contribution in [2.45, 2.75) is 13.0 Å². The third-order valence-corrected chi connectivity index (χ3v) is 3.48. The summed E-state index contributed by atoms with van der Waals surface area (Å²) < 4.78 is 18.3. The molecule has 0 aliphatic carbocycles. The Bertz CT molecular complexity index is 752. The Labute approximate surface area is 142 Å². The molecule has 0 aromatic heterocycles. The highest BCUT2D eigenvalue weighted by atomic mass is 35.5. The van der Waals surface area contributed by atoms with E-state index < -0.39 is 28.9 Å². The van der Waals surface area contributed by atoms with Crippen LogP contribution in [0.25, 0.3) is 0 Å². The van der Waals surface area contributed by atoms with Gasteiger partial charge >= 0.3 is 5.69 Å². The predicted molar refractivity (Wildman–Crippen MR) is 86.6 cm³/mol. The van der Waals surface area contributed by atoms with Gasteiger partial charge in [0.2, 0.25) is 5.75 Å². The van der Waals surface area contributed by atoms with E-state index in [0.29, 0.717) is 5.02 Å². The summed E-state index contributed by atoms with van der Waals surface area (Å²) in [6, 6.07) is 9.44. The Hall–Kier alpha value is -2.67. The van der Waals surface area contributed by atoms with Crippen molar-refractivity contribution in [2.24, 2.45) is 0 Å². The molecule has 2 aromatic carbocycles. The molecule has 0 radical (unpaired) electrons. The molecule has 0 saturated carbocycles. The highest BCUT2D eigenvalue weighted by Crippen LogP contribution is 2.27. The lowest BCUT2D eigenvalue weighted by Crippen LogP contribution is -2.31. The topological polar surface area (TPSA) is 81.5 Å². The molecule has 24 heavy (non-hydrogen) atoms. The normalized spacial score (nSPS) is 11.6. The summed E-state index contributed by atoms with van der Waals surface area (Å²) >= 11 is 5.80. The smallest absolute Gasteiger partial charge is 0.311 e. The van der Waals surface area contributed by atoms with Crippen LogP contribution >= 0.6 is 11.6 Å². The molecule has 8 heteroatoms. The highest BCUT2D eigenvalue weighted by Gasteiger charge is 2.17. The first-order valence-corrected chi connectivity index (χ1v) is 7.36. The van der Waals surface area contributed by atoms with Crippen LogP contribution in [-0.4, -0.2) is 17.4 Å². The van der Waals surface area contributed by atoms with Crippen molar-refractivity contribution < 1.29 is 18.8 Å². The number of rotatable bonds is 6. The minimum Gasteiger partial charge on any atom is -0.477 e. The van der Waals surface area contributed by atoms with Crippen LogP contribution < -0.4 is 10.1 Å². The number of nitrogens with zero attached hydrogens (tertiary/aromatic N) is 1. The summed E-state index contributed by atoms with van der Waals surface area (Å²) in [5.41, 5.74) is 0.430. The molecule has 0 bridgehead atoms. The van der Waals surface area contributed by atoms with Crippen molar-refractivity contribution in [3.8, 4) is 5.75 Å². The van der Waals surface area contributed by atoms with E-state index >= 15 is 0 Å². The number of amides is 1. The third-order valence-electron chi connectivity index (χ3n) is 3.22. The van der Waals surface area contributed by atoms with E-state index in [1.807, 2.05) is 0 Å². The van der Waals surface area contributed by atoms with Gasteiger partial charge in [-0.3, -0.25) is 14.9 Å². The average molecular weight is 353 g/mol. The minimum atomic E-state index is -0.705. The molecular weight excluding hydrogens is 339 g/mol. The first kappa shape index (κ1) is 17.7. The average Bonchev–Trinajstić information content (AvgIpc) is 2.53. The Balaban J connectivity index is 1.97. The van der Waals surface area contributed by atoms with Crippen molar-refractivity contribution in [1.82, 2.24) is 5.32 Å². The number of nitro benzene ring substituents is 1. The molecule has 126 valence electrons. The maximum atomic E-state index is 13.2. The Kier molecular flexibility index (Phi) is 5.70. The molecule has 0 spiro atoms. The maximum absolute atomic E-state index is 13.2. The predicted octanol–water partition coefficient (Wildman–Crippen LogP) is 3.64. The van der Waals surface area contributed by atoms with E-state index in [1.54, 1.807) is 31.2 Å². The van der Waals surface area contributed by atoms with E-state index in [1.165, 1.54) is 0 Å². The zero-order valence-corrected chi connectivity index (χ0v) is 13.4. The van der Waals surface area contributed by atoms with Crippen LogP contribution in [0.3, 0.4) is 0 Å². The monoisotopic (exact) mass is 352 g/mol. The lowest BCUT2D eigenvalue weighted by atomic mass is 10.1. The molecule has 1 atom stereocenters. The molecule has 0 unspecified atom stereocenters. The number of hydrogen-bond acceptors (Lipinski definition) is 4. The summed E-state index contributed by atoms with van der Waals surface area (Å²) in [6.07, 6.45) is 0. The van der Waals surface area contributed by atoms with Gasteiger partial charge in [-0.2, -0.15) is 0 Å². The number of ether oxygens (including phenoxy) is 1. The first-order chi connectivity index (χ1) is 11.4. The molecule has 2 rings (SSSR count).